The topological polar surface area (TPSA) is 20.3 Å². The highest BCUT2D eigenvalue weighted by molar-refractivity contribution is 9.10. The lowest BCUT2D eigenvalue weighted by molar-refractivity contribution is 0.0783. The van der Waals surface area contributed by atoms with Gasteiger partial charge in [0, 0.05) is 23.6 Å². The highest BCUT2D eigenvalue weighted by atomic mass is 79.9. The van der Waals surface area contributed by atoms with Crippen LogP contribution >= 0.6 is 15.9 Å². The van der Waals surface area contributed by atoms with Crippen LogP contribution in [0, 0.1) is 12.7 Å². The zero-order valence-electron chi connectivity index (χ0n) is 11.4. The third-order valence-electron chi connectivity index (χ3n) is 3.14. The fourth-order valence-electron chi connectivity index (χ4n) is 1.98. The molecule has 0 heterocycles. The Balaban J connectivity index is 2.21. The van der Waals surface area contributed by atoms with Crippen molar-refractivity contribution >= 4 is 21.8 Å². The number of amides is 1. The molecule has 0 aromatic heterocycles. The number of rotatable bonds is 3. The molecule has 104 valence electrons. The van der Waals surface area contributed by atoms with Crippen LogP contribution in [0.15, 0.2) is 46.9 Å². The zero-order chi connectivity index (χ0) is 14.7. The van der Waals surface area contributed by atoms with Crippen LogP contribution in [0.25, 0.3) is 0 Å². The summed E-state index contributed by atoms with van der Waals surface area (Å²) in [6.07, 6.45) is 0. The van der Waals surface area contributed by atoms with E-state index in [1.54, 1.807) is 24.9 Å². The van der Waals surface area contributed by atoms with Gasteiger partial charge in [0.05, 0.1) is 0 Å². The monoisotopic (exact) mass is 335 g/mol. The van der Waals surface area contributed by atoms with E-state index in [4.69, 9.17) is 0 Å². The summed E-state index contributed by atoms with van der Waals surface area (Å²) in [4.78, 5) is 14.0. The van der Waals surface area contributed by atoms with Crippen molar-refractivity contribution in [2.75, 3.05) is 7.05 Å². The van der Waals surface area contributed by atoms with Crippen molar-refractivity contribution in [3.63, 3.8) is 0 Å². The molecule has 0 aliphatic carbocycles. The molecule has 0 bridgehead atoms. The van der Waals surface area contributed by atoms with Gasteiger partial charge in [0.15, 0.2) is 0 Å². The molecular formula is C16H15BrFNO. The van der Waals surface area contributed by atoms with Crippen LogP contribution < -0.4 is 0 Å². The molecule has 2 rings (SSSR count). The van der Waals surface area contributed by atoms with Crippen LogP contribution in [0.4, 0.5) is 4.39 Å². The van der Waals surface area contributed by atoms with Crippen LogP contribution in [0.3, 0.4) is 0 Å². The van der Waals surface area contributed by atoms with Crippen molar-refractivity contribution in [1.82, 2.24) is 4.90 Å². The molecule has 0 radical (unpaired) electrons. The van der Waals surface area contributed by atoms with E-state index in [1.807, 2.05) is 24.3 Å². The van der Waals surface area contributed by atoms with Gasteiger partial charge in [-0.2, -0.15) is 0 Å². The molecule has 2 aromatic carbocycles. The van der Waals surface area contributed by atoms with Crippen LogP contribution in [0.2, 0.25) is 0 Å². The third kappa shape index (κ3) is 3.25. The number of carbonyl (C=O) groups excluding carboxylic acids is 1. The second kappa shape index (κ2) is 6.18. The number of halogens is 2. The first-order chi connectivity index (χ1) is 9.49. The molecule has 0 atom stereocenters. The lowest BCUT2D eigenvalue weighted by Gasteiger charge is -2.19. The Hall–Kier alpha value is -1.68. The van der Waals surface area contributed by atoms with Gasteiger partial charge in [-0.1, -0.05) is 40.2 Å². The molecule has 0 spiro atoms. The van der Waals surface area contributed by atoms with E-state index in [1.165, 1.54) is 12.1 Å². The zero-order valence-corrected chi connectivity index (χ0v) is 12.9. The number of benzene rings is 2. The lowest BCUT2D eigenvalue weighted by Crippen LogP contribution is -2.27. The van der Waals surface area contributed by atoms with Gasteiger partial charge in [-0.05, 0) is 36.2 Å². The van der Waals surface area contributed by atoms with E-state index >= 15 is 0 Å². The minimum absolute atomic E-state index is 0.183. The smallest absolute Gasteiger partial charge is 0.254 e. The van der Waals surface area contributed by atoms with Crippen LogP contribution in [0.1, 0.15) is 21.5 Å². The van der Waals surface area contributed by atoms with Gasteiger partial charge in [0.25, 0.3) is 5.91 Å². The van der Waals surface area contributed by atoms with Crippen LogP contribution in [-0.2, 0) is 6.54 Å². The first-order valence-electron chi connectivity index (χ1n) is 6.24. The predicted molar refractivity (Wildman–Crippen MR) is 81.1 cm³/mol. The van der Waals surface area contributed by atoms with Crippen molar-refractivity contribution in [2.24, 2.45) is 0 Å². The standard InChI is InChI=1S/C16H15BrFNO/c1-11-7-8-13(18)9-14(11)16(20)19(2)10-12-5-3-4-6-15(12)17/h3-9H,10H2,1-2H3. The Kier molecular flexibility index (Phi) is 4.55. The number of nitrogens with zero attached hydrogens (tertiary/aromatic N) is 1. The summed E-state index contributed by atoms with van der Waals surface area (Å²) in [6, 6.07) is 12.0. The van der Waals surface area contributed by atoms with Gasteiger partial charge in [-0.15, -0.1) is 0 Å². The van der Waals surface area contributed by atoms with Crippen LogP contribution in [0.5, 0.6) is 0 Å². The van der Waals surface area contributed by atoms with E-state index in [0.29, 0.717) is 12.1 Å². The Labute approximate surface area is 126 Å². The summed E-state index contributed by atoms with van der Waals surface area (Å²) < 4.78 is 14.2. The number of carbonyl (C=O) groups is 1. The summed E-state index contributed by atoms with van der Waals surface area (Å²) in [7, 11) is 1.71. The number of hydrogen-bond acceptors (Lipinski definition) is 1. The highest BCUT2D eigenvalue weighted by Gasteiger charge is 2.15. The molecule has 0 aliphatic heterocycles. The lowest BCUT2D eigenvalue weighted by atomic mass is 10.1. The molecule has 2 nitrogen and oxygen atoms in total. The van der Waals surface area contributed by atoms with E-state index in [0.717, 1.165) is 15.6 Å². The number of aryl methyl sites for hydroxylation is 1. The Morgan fingerprint density at radius 2 is 1.95 bits per heavy atom. The van der Waals surface area contributed by atoms with Gasteiger partial charge in [0.1, 0.15) is 5.82 Å². The van der Waals surface area contributed by atoms with Gasteiger partial charge < -0.3 is 4.90 Å². The predicted octanol–water partition coefficient (Wildman–Crippen LogP) is 4.17. The average Bonchev–Trinajstić information content (AvgIpc) is 2.43. The summed E-state index contributed by atoms with van der Waals surface area (Å²) >= 11 is 3.46. The van der Waals surface area contributed by atoms with Gasteiger partial charge >= 0.3 is 0 Å². The van der Waals surface area contributed by atoms with Crippen molar-refractivity contribution in [3.8, 4) is 0 Å². The fourth-order valence-corrected chi connectivity index (χ4v) is 2.39. The van der Waals surface area contributed by atoms with Crippen LogP contribution in [-0.4, -0.2) is 17.9 Å². The van der Waals surface area contributed by atoms with Crippen molar-refractivity contribution in [2.45, 2.75) is 13.5 Å². The SMILES string of the molecule is Cc1ccc(F)cc1C(=O)N(C)Cc1ccccc1Br. The van der Waals surface area contributed by atoms with Crippen molar-refractivity contribution in [1.29, 1.82) is 0 Å². The second-order valence-corrected chi connectivity index (χ2v) is 5.57. The van der Waals surface area contributed by atoms with Crippen molar-refractivity contribution in [3.05, 3.63) is 69.4 Å². The molecule has 4 heteroatoms. The third-order valence-corrected chi connectivity index (χ3v) is 3.92. The molecule has 0 saturated carbocycles. The molecule has 2 aromatic rings. The van der Waals surface area contributed by atoms with E-state index < -0.39 is 5.82 Å². The maximum atomic E-state index is 13.3. The minimum atomic E-state index is -0.395. The minimum Gasteiger partial charge on any atom is -0.337 e. The highest BCUT2D eigenvalue weighted by Crippen LogP contribution is 2.19. The molecule has 0 N–H and O–H groups in total. The first-order valence-corrected chi connectivity index (χ1v) is 7.03. The molecule has 0 saturated heterocycles. The largest absolute Gasteiger partial charge is 0.337 e. The normalized spacial score (nSPS) is 10.4. The molecule has 0 fully saturated rings. The van der Waals surface area contributed by atoms with Gasteiger partial charge in [-0.25, -0.2) is 4.39 Å². The molecule has 1 amide bonds. The summed E-state index contributed by atoms with van der Waals surface area (Å²) in [6.45, 7) is 2.27. The Bertz CT molecular complexity index is 642. The van der Waals surface area contributed by atoms with E-state index in [9.17, 15) is 9.18 Å². The second-order valence-electron chi connectivity index (χ2n) is 4.71. The van der Waals surface area contributed by atoms with Gasteiger partial charge in [-0.3, -0.25) is 4.79 Å². The van der Waals surface area contributed by atoms with E-state index in [2.05, 4.69) is 15.9 Å². The fraction of sp³-hybridized carbons (Fsp3) is 0.188. The summed E-state index contributed by atoms with van der Waals surface area (Å²) in [5.74, 6) is -0.578. The number of hydrogen-bond donors (Lipinski definition) is 0. The summed E-state index contributed by atoms with van der Waals surface area (Å²) in [5, 5.41) is 0. The summed E-state index contributed by atoms with van der Waals surface area (Å²) in [5.41, 5.74) is 2.19. The van der Waals surface area contributed by atoms with Gasteiger partial charge in [0.2, 0.25) is 0 Å². The molecular weight excluding hydrogens is 321 g/mol. The van der Waals surface area contributed by atoms with E-state index in [-0.39, 0.29) is 5.91 Å². The average molecular weight is 336 g/mol. The van der Waals surface area contributed by atoms with Crippen molar-refractivity contribution < 1.29 is 9.18 Å². The molecule has 0 aliphatic rings. The maximum Gasteiger partial charge on any atom is 0.254 e. The Morgan fingerprint density at radius 1 is 1.25 bits per heavy atom. The quantitative estimate of drug-likeness (QED) is 0.824. The maximum absolute atomic E-state index is 13.3. The molecule has 20 heavy (non-hydrogen) atoms. The Morgan fingerprint density at radius 3 is 2.65 bits per heavy atom. The molecule has 0 unspecified atom stereocenters. The first kappa shape index (κ1) is 14.7.